The van der Waals surface area contributed by atoms with Gasteiger partial charge in [0.25, 0.3) is 0 Å². The zero-order valence-electron chi connectivity index (χ0n) is 8.44. The maximum atomic E-state index is 11.5. The Kier molecular flexibility index (Phi) is 4.08. The summed E-state index contributed by atoms with van der Waals surface area (Å²) in [5.41, 5.74) is 0.309. The molecule has 0 aliphatic rings. The summed E-state index contributed by atoms with van der Waals surface area (Å²) >= 11 is 5.82. The van der Waals surface area contributed by atoms with Gasteiger partial charge in [-0.25, -0.2) is 4.79 Å². The van der Waals surface area contributed by atoms with Crippen LogP contribution < -0.4 is 4.74 Å². The Balaban J connectivity index is 2.93. The molecule has 1 rings (SSSR count). The zero-order chi connectivity index (χ0) is 12.1. The van der Waals surface area contributed by atoms with E-state index in [1.807, 2.05) is 0 Å². The minimum Gasteiger partial charge on any atom is -0.495 e. The summed E-state index contributed by atoms with van der Waals surface area (Å²) in [5, 5.41) is 8.66. The van der Waals surface area contributed by atoms with Crippen LogP contribution in [0.3, 0.4) is 0 Å². The van der Waals surface area contributed by atoms with Gasteiger partial charge in [0.1, 0.15) is 5.75 Å². The molecule has 0 aliphatic heterocycles. The molecule has 0 radical (unpaired) electrons. The second-order valence-corrected chi connectivity index (χ2v) is 3.29. The predicted molar refractivity (Wildman–Crippen MR) is 59.1 cm³/mol. The van der Waals surface area contributed by atoms with Crippen molar-refractivity contribution >= 4 is 23.4 Å². The minimum absolute atomic E-state index is 0.303. The lowest BCUT2D eigenvalue weighted by Crippen LogP contribution is -1.97. The van der Waals surface area contributed by atoms with E-state index in [2.05, 4.69) is 0 Å². The van der Waals surface area contributed by atoms with Crippen LogP contribution in [-0.4, -0.2) is 24.0 Å². The van der Waals surface area contributed by atoms with Gasteiger partial charge in [0.2, 0.25) is 0 Å². The number of ether oxygens (including phenoxy) is 1. The molecule has 16 heavy (non-hydrogen) atoms. The fourth-order valence-corrected chi connectivity index (χ4v) is 1.32. The SMILES string of the molecule is COc1ccc(C(=O)/C=C/C(=O)O)cc1Cl. The van der Waals surface area contributed by atoms with Gasteiger partial charge >= 0.3 is 5.97 Å². The lowest BCUT2D eigenvalue weighted by Gasteiger charge is -2.03. The van der Waals surface area contributed by atoms with Crippen molar-refractivity contribution in [2.45, 2.75) is 0 Å². The third kappa shape index (κ3) is 3.10. The number of benzene rings is 1. The number of allylic oxidation sites excluding steroid dienone is 1. The number of aliphatic carboxylic acids is 1. The third-order valence-corrected chi connectivity index (χ3v) is 2.11. The van der Waals surface area contributed by atoms with Gasteiger partial charge in [-0.3, -0.25) is 4.79 Å². The molecule has 0 spiro atoms. The van der Waals surface area contributed by atoms with Gasteiger partial charge in [0.15, 0.2) is 5.78 Å². The summed E-state index contributed by atoms with van der Waals surface area (Å²) in [6.45, 7) is 0. The van der Waals surface area contributed by atoms with Crippen molar-refractivity contribution in [3.8, 4) is 5.75 Å². The normalized spacial score (nSPS) is 10.4. The van der Waals surface area contributed by atoms with Crippen LogP contribution in [0.2, 0.25) is 5.02 Å². The van der Waals surface area contributed by atoms with E-state index in [9.17, 15) is 9.59 Å². The van der Waals surface area contributed by atoms with E-state index in [1.165, 1.54) is 19.2 Å². The first-order valence-electron chi connectivity index (χ1n) is 4.33. The molecule has 5 heteroatoms. The number of hydrogen-bond donors (Lipinski definition) is 1. The molecule has 0 fully saturated rings. The summed E-state index contributed by atoms with van der Waals surface area (Å²) in [6.07, 6.45) is 1.75. The second-order valence-electron chi connectivity index (χ2n) is 2.89. The average molecular weight is 241 g/mol. The van der Waals surface area contributed by atoms with E-state index < -0.39 is 11.8 Å². The molecular formula is C11H9ClO4. The fourth-order valence-electron chi connectivity index (χ4n) is 1.06. The fraction of sp³-hybridized carbons (Fsp3) is 0.0909. The molecule has 0 aliphatic carbocycles. The number of rotatable bonds is 4. The molecule has 1 aromatic rings. The number of carbonyl (C=O) groups is 2. The smallest absolute Gasteiger partial charge is 0.328 e. The number of carboxylic acid groups (broad SMARTS) is 1. The molecule has 1 aromatic carbocycles. The highest BCUT2D eigenvalue weighted by Gasteiger charge is 2.06. The predicted octanol–water partition coefficient (Wildman–Crippen LogP) is 2.17. The maximum Gasteiger partial charge on any atom is 0.328 e. The molecule has 4 nitrogen and oxygen atoms in total. The monoisotopic (exact) mass is 240 g/mol. The molecule has 0 aromatic heterocycles. The van der Waals surface area contributed by atoms with Crippen LogP contribution in [0.25, 0.3) is 0 Å². The van der Waals surface area contributed by atoms with Crippen molar-refractivity contribution < 1.29 is 19.4 Å². The summed E-state index contributed by atoms with van der Waals surface area (Å²) < 4.78 is 4.92. The van der Waals surface area contributed by atoms with Crippen LogP contribution in [0, 0.1) is 0 Å². The van der Waals surface area contributed by atoms with E-state index in [1.54, 1.807) is 6.07 Å². The largest absolute Gasteiger partial charge is 0.495 e. The van der Waals surface area contributed by atoms with Gasteiger partial charge in [0, 0.05) is 11.6 Å². The van der Waals surface area contributed by atoms with Crippen molar-refractivity contribution in [1.82, 2.24) is 0 Å². The van der Waals surface area contributed by atoms with Crippen LogP contribution in [-0.2, 0) is 4.79 Å². The van der Waals surface area contributed by atoms with E-state index in [0.717, 1.165) is 12.2 Å². The number of carboxylic acids is 1. The Labute approximate surface area is 97.1 Å². The molecule has 0 saturated carbocycles. The van der Waals surface area contributed by atoms with Crippen LogP contribution in [0.5, 0.6) is 5.75 Å². The summed E-state index contributed by atoms with van der Waals surface area (Å²) in [6, 6.07) is 4.48. The van der Waals surface area contributed by atoms with Gasteiger partial charge in [-0.05, 0) is 24.3 Å². The topological polar surface area (TPSA) is 63.6 Å². The van der Waals surface area contributed by atoms with Crippen LogP contribution in [0.15, 0.2) is 30.4 Å². The Bertz CT molecular complexity index is 451. The van der Waals surface area contributed by atoms with E-state index in [-0.39, 0.29) is 0 Å². The van der Waals surface area contributed by atoms with Gasteiger partial charge in [0.05, 0.1) is 12.1 Å². The second kappa shape index (κ2) is 5.32. The molecule has 1 N–H and O–H groups in total. The molecule has 0 bridgehead atoms. The van der Waals surface area contributed by atoms with Crippen molar-refractivity contribution in [2.24, 2.45) is 0 Å². The number of ketones is 1. The molecule has 84 valence electrons. The first-order chi connectivity index (χ1) is 7.54. The van der Waals surface area contributed by atoms with Crippen molar-refractivity contribution in [1.29, 1.82) is 0 Å². The summed E-state index contributed by atoms with van der Waals surface area (Å²) in [4.78, 5) is 21.7. The Morgan fingerprint density at radius 3 is 2.56 bits per heavy atom. The Morgan fingerprint density at radius 2 is 2.06 bits per heavy atom. The van der Waals surface area contributed by atoms with Crippen LogP contribution in [0.1, 0.15) is 10.4 Å². The van der Waals surface area contributed by atoms with Crippen LogP contribution in [0.4, 0.5) is 0 Å². The summed E-state index contributed by atoms with van der Waals surface area (Å²) in [5.74, 6) is -1.14. The first kappa shape index (κ1) is 12.3. The number of carbonyl (C=O) groups excluding carboxylic acids is 1. The highest BCUT2D eigenvalue weighted by molar-refractivity contribution is 6.32. The van der Waals surface area contributed by atoms with Gasteiger partial charge in [-0.1, -0.05) is 11.6 Å². The number of hydrogen-bond acceptors (Lipinski definition) is 3. The summed E-state index contributed by atoms with van der Waals surface area (Å²) in [7, 11) is 1.47. The first-order valence-corrected chi connectivity index (χ1v) is 4.71. The third-order valence-electron chi connectivity index (χ3n) is 1.81. The van der Waals surface area contributed by atoms with E-state index >= 15 is 0 Å². The molecule has 0 unspecified atom stereocenters. The van der Waals surface area contributed by atoms with E-state index in [0.29, 0.717) is 16.3 Å². The quantitative estimate of drug-likeness (QED) is 0.647. The number of methoxy groups -OCH3 is 1. The van der Waals surface area contributed by atoms with Gasteiger partial charge < -0.3 is 9.84 Å². The molecule has 0 saturated heterocycles. The lowest BCUT2D eigenvalue weighted by molar-refractivity contribution is -0.131. The highest BCUT2D eigenvalue weighted by Crippen LogP contribution is 2.25. The van der Waals surface area contributed by atoms with Crippen molar-refractivity contribution in [3.05, 3.63) is 40.9 Å². The molecule has 0 heterocycles. The van der Waals surface area contributed by atoms with E-state index in [4.69, 9.17) is 21.4 Å². The standard InChI is InChI=1S/C11H9ClO4/c1-16-10-4-2-7(6-8(10)12)9(13)3-5-11(14)15/h2-6H,1H3,(H,14,15)/b5-3+. The Hall–Kier alpha value is -1.81. The molecular weight excluding hydrogens is 232 g/mol. The molecule has 0 amide bonds. The highest BCUT2D eigenvalue weighted by atomic mass is 35.5. The zero-order valence-corrected chi connectivity index (χ0v) is 9.19. The maximum absolute atomic E-state index is 11.5. The number of halogens is 1. The minimum atomic E-state index is -1.17. The lowest BCUT2D eigenvalue weighted by atomic mass is 10.1. The Morgan fingerprint density at radius 1 is 1.38 bits per heavy atom. The van der Waals surface area contributed by atoms with Gasteiger partial charge in [-0.2, -0.15) is 0 Å². The van der Waals surface area contributed by atoms with Crippen molar-refractivity contribution in [3.63, 3.8) is 0 Å². The van der Waals surface area contributed by atoms with Crippen molar-refractivity contribution in [2.75, 3.05) is 7.11 Å². The average Bonchev–Trinajstić information content (AvgIpc) is 2.25. The van der Waals surface area contributed by atoms with Crippen LogP contribution >= 0.6 is 11.6 Å². The molecule has 0 atom stereocenters. The van der Waals surface area contributed by atoms with Gasteiger partial charge in [-0.15, -0.1) is 0 Å².